The zero-order valence-electron chi connectivity index (χ0n) is 16.9. The third-order valence-corrected chi connectivity index (χ3v) is 7.86. The molecule has 32 heavy (non-hydrogen) atoms. The summed E-state index contributed by atoms with van der Waals surface area (Å²) in [4.78, 5) is 23.1. The molecule has 6 heterocycles. The van der Waals surface area contributed by atoms with Crippen LogP contribution < -0.4 is 4.74 Å². The fraction of sp³-hybridized carbons (Fsp3) is 0.524. The van der Waals surface area contributed by atoms with E-state index in [-0.39, 0.29) is 31.0 Å². The second-order valence-electron chi connectivity index (χ2n) is 8.70. The van der Waals surface area contributed by atoms with Crippen molar-refractivity contribution in [1.29, 1.82) is 0 Å². The average molecular weight is 474 g/mol. The predicted octanol–water partition coefficient (Wildman–Crippen LogP) is 2.72. The molecule has 4 aliphatic rings. The molecule has 2 N–H and O–H groups in total. The molecule has 3 aromatic rings. The number of aromatic amines is 1. The summed E-state index contributed by atoms with van der Waals surface area (Å²) in [6.07, 6.45) is 3.60. The Kier molecular flexibility index (Phi) is 4.35. The van der Waals surface area contributed by atoms with Crippen LogP contribution in [0.2, 0.25) is 5.02 Å². The molecule has 3 aliphatic heterocycles. The molecule has 2 saturated heterocycles. The van der Waals surface area contributed by atoms with Crippen LogP contribution >= 0.6 is 22.9 Å². The Morgan fingerprint density at radius 1 is 1.16 bits per heavy atom. The Balaban J connectivity index is 1.18. The van der Waals surface area contributed by atoms with Gasteiger partial charge in [0.15, 0.2) is 11.8 Å². The van der Waals surface area contributed by atoms with Gasteiger partial charge in [0.05, 0.1) is 35.5 Å². The van der Waals surface area contributed by atoms with Crippen LogP contribution in [0.5, 0.6) is 6.01 Å². The maximum Gasteiger partial charge on any atom is 0.296 e. The van der Waals surface area contributed by atoms with E-state index in [9.17, 15) is 5.11 Å². The predicted molar refractivity (Wildman–Crippen MR) is 118 cm³/mol. The summed E-state index contributed by atoms with van der Waals surface area (Å²) in [5, 5.41) is 11.2. The van der Waals surface area contributed by atoms with Crippen molar-refractivity contribution in [2.75, 3.05) is 13.2 Å². The average Bonchev–Trinajstić information content (AvgIpc) is 3.10. The Bertz CT molecular complexity index is 1240. The van der Waals surface area contributed by atoms with Crippen LogP contribution in [0.1, 0.15) is 29.5 Å². The van der Waals surface area contributed by atoms with E-state index in [1.165, 1.54) is 17.7 Å². The molecule has 5 unspecified atom stereocenters. The van der Waals surface area contributed by atoms with Gasteiger partial charge in [0, 0.05) is 17.5 Å². The van der Waals surface area contributed by atoms with E-state index in [1.807, 2.05) is 6.21 Å². The van der Waals surface area contributed by atoms with Crippen molar-refractivity contribution in [3.8, 4) is 16.7 Å². The fourth-order valence-corrected chi connectivity index (χ4v) is 6.06. The van der Waals surface area contributed by atoms with Crippen molar-refractivity contribution >= 4 is 40.3 Å². The summed E-state index contributed by atoms with van der Waals surface area (Å²) in [5.74, 6) is 0.612. The highest BCUT2D eigenvalue weighted by Crippen LogP contribution is 2.47. The molecule has 0 spiro atoms. The summed E-state index contributed by atoms with van der Waals surface area (Å²) < 4.78 is 17.2. The molecular formula is C21H20ClN5O4S. The summed E-state index contributed by atoms with van der Waals surface area (Å²) in [6.45, 7) is 0.581. The maximum absolute atomic E-state index is 9.91. The van der Waals surface area contributed by atoms with Gasteiger partial charge in [-0.1, -0.05) is 11.6 Å². The van der Waals surface area contributed by atoms with E-state index in [0.717, 1.165) is 17.1 Å². The number of H-pyrrole nitrogens is 1. The highest BCUT2D eigenvalue weighted by Gasteiger charge is 2.48. The van der Waals surface area contributed by atoms with Crippen molar-refractivity contribution in [1.82, 2.24) is 19.9 Å². The first-order chi connectivity index (χ1) is 15.6. The smallest absolute Gasteiger partial charge is 0.296 e. The number of aliphatic imine (C=N–C) groups is 1. The number of hydrogen-bond donors (Lipinski definition) is 2. The van der Waals surface area contributed by atoms with Gasteiger partial charge in [0.1, 0.15) is 29.0 Å². The molecule has 1 aliphatic carbocycles. The number of pyridine rings is 1. The van der Waals surface area contributed by atoms with E-state index < -0.39 is 6.10 Å². The number of fused-ring (bicyclic) bond motifs is 3. The van der Waals surface area contributed by atoms with Gasteiger partial charge < -0.3 is 24.3 Å². The van der Waals surface area contributed by atoms with E-state index in [2.05, 4.69) is 15.0 Å². The molecule has 11 heteroatoms. The number of aliphatic hydroxyl groups is 1. The minimum Gasteiger partial charge on any atom is -0.456 e. The Hall–Kier alpha value is -2.11. The monoisotopic (exact) mass is 473 g/mol. The van der Waals surface area contributed by atoms with Gasteiger partial charge >= 0.3 is 0 Å². The number of rotatable bonds is 4. The molecule has 3 fully saturated rings. The number of nitrogens with zero attached hydrogens (tertiary/aromatic N) is 4. The Morgan fingerprint density at radius 3 is 2.91 bits per heavy atom. The first-order valence-corrected chi connectivity index (χ1v) is 12.0. The lowest BCUT2D eigenvalue weighted by molar-refractivity contribution is 0.00706. The van der Waals surface area contributed by atoms with Crippen LogP contribution in [-0.2, 0) is 15.9 Å². The molecule has 9 nitrogen and oxygen atoms in total. The normalized spacial score (nSPS) is 31.2. The minimum atomic E-state index is -0.624. The molecular weight excluding hydrogens is 454 g/mol. The van der Waals surface area contributed by atoms with E-state index in [4.69, 9.17) is 35.8 Å². The molecule has 0 aromatic carbocycles. The van der Waals surface area contributed by atoms with Gasteiger partial charge in [-0.3, -0.25) is 4.99 Å². The van der Waals surface area contributed by atoms with Gasteiger partial charge in [-0.25, -0.2) is 9.97 Å². The highest BCUT2D eigenvalue weighted by atomic mass is 35.5. The maximum atomic E-state index is 9.91. The van der Waals surface area contributed by atoms with Crippen LogP contribution in [-0.4, -0.2) is 68.9 Å². The molecule has 1 saturated carbocycles. The van der Waals surface area contributed by atoms with Crippen molar-refractivity contribution < 1.29 is 19.3 Å². The lowest BCUT2D eigenvalue weighted by Gasteiger charge is -2.15. The van der Waals surface area contributed by atoms with Gasteiger partial charge in [0.2, 0.25) is 0 Å². The van der Waals surface area contributed by atoms with Gasteiger partial charge in [-0.2, -0.15) is 4.98 Å². The van der Waals surface area contributed by atoms with Gasteiger partial charge in [-0.05, 0) is 24.8 Å². The molecule has 0 radical (unpaired) electrons. The van der Waals surface area contributed by atoms with Gasteiger partial charge in [0.25, 0.3) is 6.01 Å². The largest absolute Gasteiger partial charge is 0.456 e. The standard InChI is InChI=1S/C21H20ClN5O4S/c22-9-5-10-19(27-21(24-10)31-12-7-30-17-11(28)6-29-18(12)17)25-15(9)20-26-16-13(32-20)3-4-23-14(16)8-1-2-8/h4-5,8,11-12,14,17-18,28H,1-3,6-7H2,(H,24,25,27). The van der Waals surface area contributed by atoms with Crippen molar-refractivity contribution in [3.63, 3.8) is 0 Å². The van der Waals surface area contributed by atoms with Crippen LogP contribution in [0.3, 0.4) is 0 Å². The molecule has 0 bridgehead atoms. The zero-order chi connectivity index (χ0) is 21.4. The minimum absolute atomic E-state index is 0.172. The number of aromatic nitrogens is 4. The fourth-order valence-electron chi connectivity index (χ4n) is 4.71. The number of halogens is 1. The van der Waals surface area contributed by atoms with Crippen molar-refractivity contribution in [3.05, 3.63) is 21.7 Å². The van der Waals surface area contributed by atoms with Gasteiger partial charge in [-0.15, -0.1) is 11.3 Å². The number of nitrogens with one attached hydrogen (secondary N) is 1. The van der Waals surface area contributed by atoms with Crippen LogP contribution in [0.4, 0.5) is 0 Å². The molecule has 7 rings (SSSR count). The summed E-state index contributed by atoms with van der Waals surface area (Å²) in [7, 11) is 0. The molecule has 3 aromatic heterocycles. The Morgan fingerprint density at radius 2 is 2.03 bits per heavy atom. The highest BCUT2D eigenvalue weighted by molar-refractivity contribution is 7.15. The number of imidazole rings is 1. The van der Waals surface area contributed by atoms with E-state index in [0.29, 0.717) is 40.4 Å². The lowest BCUT2D eigenvalue weighted by atomic mass is 10.1. The third-order valence-electron chi connectivity index (χ3n) is 6.47. The number of hydrogen-bond acceptors (Lipinski definition) is 9. The van der Waals surface area contributed by atoms with E-state index >= 15 is 0 Å². The number of thiazole rings is 1. The first kappa shape index (κ1) is 19.4. The quantitative estimate of drug-likeness (QED) is 0.598. The van der Waals surface area contributed by atoms with Crippen LogP contribution in [0.25, 0.3) is 21.9 Å². The molecule has 0 amide bonds. The SMILES string of the molecule is OC1COC2C(Oc3nc4nc(-c5nc6c(s5)CC=NC6C5CC5)c(Cl)cc4[nH]3)COC12. The second-order valence-corrected chi connectivity index (χ2v) is 10.2. The lowest BCUT2D eigenvalue weighted by Crippen LogP contribution is -2.34. The Labute approximate surface area is 191 Å². The first-order valence-electron chi connectivity index (χ1n) is 10.8. The molecule has 166 valence electrons. The van der Waals surface area contributed by atoms with Crippen LogP contribution in [0, 0.1) is 5.92 Å². The van der Waals surface area contributed by atoms with E-state index in [1.54, 1.807) is 17.4 Å². The summed E-state index contributed by atoms with van der Waals surface area (Å²) in [5.41, 5.74) is 2.88. The second kappa shape index (κ2) is 7.19. The topological polar surface area (TPSA) is 115 Å². The van der Waals surface area contributed by atoms with Crippen LogP contribution in [0.15, 0.2) is 11.1 Å². The zero-order valence-corrected chi connectivity index (χ0v) is 18.5. The summed E-state index contributed by atoms with van der Waals surface area (Å²) in [6, 6.07) is 2.30. The van der Waals surface area contributed by atoms with Crippen molar-refractivity contribution in [2.24, 2.45) is 10.9 Å². The number of aliphatic hydroxyl groups excluding tert-OH is 1. The molecule has 5 atom stereocenters. The number of ether oxygens (including phenoxy) is 3. The third kappa shape index (κ3) is 3.08. The summed E-state index contributed by atoms with van der Waals surface area (Å²) >= 11 is 8.23. The van der Waals surface area contributed by atoms with Crippen molar-refractivity contribution in [2.45, 2.75) is 49.7 Å².